The van der Waals surface area contributed by atoms with Crippen LogP contribution < -0.4 is 9.64 Å². The number of piperidine rings is 1. The number of aromatic nitrogens is 3. The molecule has 7 heterocycles. The summed E-state index contributed by atoms with van der Waals surface area (Å²) in [6, 6.07) is 5.40. The molecule has 252 valence electrons. The Kier molecular flexibility index (Phi) is 7.57. The van der Waals surface area contributed by atoms with Crippen LogP contribution >= 0.6 is 0 Å². The summed E-state index contributed by atoms with van der Waals surface area (Å²) in [6.45, 7) is 0.617. The standard InChI is InChI=1S/C35H35F4N5O4/c36-17-35-9-3-10-43(18-35)32-25-15-40-30(24-13-22(45)12-20-6-7-26(38)23(28(20)24)4-1-5-27(46)48-35)29(39)31(25)41-33(42-32)47-19-34-8-2-11-44(34)16-21(37)14-34/h6-7,12-13,15,21,45H,1-5,8-11,14,16-19H2/t21-,34+,35+/m1/s1. The van der Waals surface area contributed by atoms with Gasteiger partial charge in [0.15, 0.2) is 11.4 Å². The van der Waals surface area contributed by atoms with Crippen LogP contribution in [0.5, 0.6) is 11.8 Å². The van der Waals surface area contributed by atoms with Gasteiger partial charge in [-0.15, -0.1) is 0 Å². The normalized spacial score (nSPS) is 26.0. The average molecular weight is 666 g/mol. The number of esters is 1. The van der Waals surface area contributed by atoms with Crippen LogP contribution in [-0.4, -0.2) is 87.7 Å². The van der Waals surface area contributed by atoms with Gasteiger partial charge in [-0.1, -0.05) is 6.07 Å². The number of aromatic hydroxyl groups is 1. The molecule has 4 aromatic rings. The van der Waals surface area contributed by atoms with E-state index in [4.69, 9.17) is 9.47 Å². The van der Waals surface area contributed by atoms with E-state index in [-0.39, 0.29) is 84.1 Å². The first-order valence-corrected chi connectivity index (χ1v) is 16.5. The Morgan fingerprint density at radius 2 is 1.94 bits per heavy atom. The molecule has 2 aromatic heterocycles. The monoisotopic (exact) mass is 665 g/mol. The first-order chi connectivity index (χ1) is 23.2. The molecular formula is C35H35F4N5O4. The van der Waals surface area contributed by atoms with E-state index in [9.17, 15) is 18.7 Å². The first-order valence-electron chi connectivity index (χ1n) is 16.5. The lowest BCUT2D eigenvalue weighted by Crippen LogP contribution is -2.52. The molecule has 0 spiro atoms. The van der Waals surface area contributed by atoms with Crippen molar-refractivity contribution in [1.29, 1.82) is 0 Å². The maximum absolute atomic E-state index is 16.9. The van der Waals surface area contributed by atoms with Gasteiger partial charge in [0, 0.05) is 37.7 Å². The van der Waals surface area contributed by atoms with Gasteiger partial charge in [0.05, 0.1) is 17.5 Å². The number of ether oxygens (including phenoxy) is 2. The molecule has 0 saturated carbocycles. The van der Waals surface area contributed by atoms with Crippen molar-refractivity contribution in [2.24, 2.45) is 0 Å². The SMILES string of the molecule is O=C1CCCc2c(F)ccc3cc(O)cc(c23)-c2ncc3c(nc(OC[C@@]45CCCN4C[C@H](F)C5)nc3c2F)N2CCC[C@](CF)(C2)O1. The van der Waals surface area contributed by atoms with Gasteiger partial charge in [-0.25, -0.2) is 17.6 Å². The second-order valence-corrected chi connectivity index (χ2v) is 13.7. The van der Waals surface area contributed by atoms with E-state index < -0.39 is 41.6 Å². The van der Waals surface area contributed by atoms with Crippen LogP contribution in [-0.2, 0) is 16.0 Å². The van der Waals surface area contributed by atoms with E-state index in [1.54, 1.807) is 4.90 Å². The van der Waals surface area contributed by atoms with Crippen molar-refractivity contribution in [3.8, 4) is 23.0 Å². The van der Waals surface area contributed by atoms with Crippen LogP contribution in [0, 0.1) is 11.6 Å². The first kappa shape index (κ1) is 31.0. The molecule has 5 aliphatic rings. The summed E-state index contributed by atoms with van der Waals surface area (Å²) in [6.07, 6.45) is 3.35. The van der Waals surface area contributed by atoms with Crippen LogP contribution in [0.3, 0.4) is 0 Å². The molecule has 5 aliphatic heterocycles. The Bertz CT molecular complexity index is 1950. The fourth-order valence-corrected chi connectivity index (χ4v) is 8.29. The third-order valence-electron chi connectivity index (χ3n) is 10.5. The van der Waals surface area contributed by atoms with Crippen LogP contribution in [0.15, 0.2) is 30.5 Å². The number of alkyl halides is 2. The van der Waals surface area contributed by atoms with E-state index in [2.05, 4.69) is 19.9 Å². The quantitative estimate of drug-likeness (QED) is 0.209. The number of fused-ring (bicyclic) bond motifs is 6. The lowest BCUT2D eigenvalue weighted by Gasteiger charge is -2.41. The summed E-state index contributed by atoms with van der Waals surface area (Å²) in [5.41, 5.74) is -1.89. The molecule has 3 saturated heterocycles. The predicted molar refractivity (Wildman–Crippen MR) is 170 cm³/mol. The molecule has 2 aromatic carbocycles. The number of hydrogen-bond acceptors (Lipinski definition) is 9. The molecule has 9 rings (SSSR count). The van der Waals surface area contributed by atoms with Gasteiger partial charge in [0.2, 0.25) is 0 Å². The van der Waals surface area contributed by atoms with Crippen molar-refractivity contribution in [3.63, 3.8) is 0 Å². The van der Waals surface area contributed by atoms with E-state index in [1.165, 1.54) is 30.5 Å². The number of carbonyl (C=O) groups is 1. The summed E-state index contributed by atoms with van der Waals surface area (Å²) in [5, 5.41) is 11.7. The molecular weight excluding hydrogens is 630 g/mol. The molecule has 1 N–H and O–H groups in total. The van der Waals surface area contributed by atoms with Crippen molar-refractivity contribution in [3.05, 3.63) is 47.7 Å². The minimum absolute atomic E-state index is 0.0456. The number of halogens is 4. The highest BCUT2D eigenvalue weighted by atomic mass is 19.1. The molecule has 13 heteroatoms. The van der Waals surface area contributed by atoms with Crippen LogP contribution in [0.1, 0.15) is 50.5 Å². The fraction of sp³-hybridized carbons (Fsp3) is 0.486. The average Bonchev–Trinajstić information content (AvgIpc) is 3.60. The van der Waals surface area contributed by atoms with Crippen LogP contribution in [0.4, 0.5) is 23.4 Å². The summed E-state index contributed by atoms with van der Waals surface area (Å²) in [7, 11) is 0. The van der Waals surface area contributed by atoms with Crippen LogP contribution in [0.25, 0.3) is 32.9 Å². The highest BCUT2D eigenvalue weighted by Crippen LogP contribution is 2.42. The molecule has 3 atom stereocenters. The van der Waals surface area contributed by atoms with Gasteiger partial charge in [0.25, 0.3) is 0 Å². The molecule has 9 nitrogen and oxygen atoms in total. The highest BCUT2D eigenvalue weighted by molar-refractivity contribution is 6.01. The number of aryl methyl sites for hydroxylation is 1. The van der Waals surface area contributed by atoms with Gasteiger partial charge < -0.3 is 19.5 Å². The Morgan fingerprint density at radius 3 is 2.79 bits per heavy atom. The topological polar surface area (TPSA) is 101 Å². The van der Waals surface area contributed by atoms with Gasteiger partial charge in [-0.3, -0.25) is 14.7 Å². The largest absolute Gasteiger partial charge is 0.508 e. The molecule has 6 bridgehead atoms. The maximum atomic E-state index is 16.9. The van der Waals surface area contributed by atoms with Crippen molar-refractivity contribution in [1.82, 2.24) is 19.9 Å². The number of hydrogen-bond donors (Lipinski definition) is 1. The zero-order chi connectivity index (χ0) is 33.2. The summed E-state index contributed by atoms with van der Waals surface area (Å²) >= 11 is 0. The molecule has 0 aliphatic carbocycles. The van der Waals surface area contributed by atoms with Crippen LogP contribution in [0.2, 0.25) is 0 Å². The lowest BCUT2D eigenvalue weighted by atomic mass is 9.92. The minimum Gasteiger partial charge on any atom is -0.508 e. The van der Waals surface area contributed by atoms with Crippen molar-refractivity contribution in [2.45, 2.75) is 68.7 Å². The minimum atomic E-state index is -1.46. The number of nitrogens with zero attached hydrogens (tertiary/aromatic N) is 5. The second kappa shape index (κ2) is 11.7. The number of phenolic OH excluding ortho intramolecular Hbond substituents is 1. The summed E-state index contributed by atoms with van der Waals surface area (Å²) < 4.78 is 73.7. The lowest BCUT2D eigenvalue weighted by molar-refractivity contribution is -0.162. The number of pyridine rings is 1. The Balaban J connectivity index is 1.33. The van der Waals surface area contributed by atoms with Gasteiger partial charge in [-0.2, -0.15) is 9.97 Å². The van der Waals surface area contributed by atoms with E-state index in [0.29, 0.717) is 36.7 Å². The number of benzene rings is 2. The van der Waals surface area contributed by atoms with E-state index in [1.807, 2.05) is 0 Å². The van der Waals surface area contributed by atoms with Gasteiger partial charge >= 0.3 is 12.0 Å². The maximum Gasteiger partial charge on any atom is 0.319 e. The summed E-state index contributed by atoms with van der Waals surface area (Å²) in [4.78, 5) is 30.6. The third-order valence-corrected chi connectivity index (χ3v) is 10.5. The Labute approximate surface area is 273 Å². The van der Waals surface area contributed by atoms with E-state index in [0.717, 1.165) is 19.4 Å². The number of carbonyl (C=O) groups excluding carboxylic acids is 1. The second-order valence-electron chi connectivity index (χ2n) is 13.7. The van der Waals surface area contributed by atoms with Gasteiger partial charge in [-0.05, 0) is 79.6 Å². The zero-order valence-corrected chi connectivity index (χ0v) is 26.3. The highest BCUT2D eigenvalue weighted by Gasteiger charge is 2.49. The Hall–Kier alpha value is -4.26. The van der Waals surface area contributed by atoms with Gasteiger partial charge in [0.1, 0.15) is 48.0 Å². The third kappa shape index (κ3) is 5.17. The predicted octanol–water partition coefficient (Wildman–Crippen LogP) is 5.97. The number of rotatable bonds is 4. The van der Waals surface area contributed by atoms with Crippen molar-refractivity contribution >= 4 is 33.5 Å². The smallest absolute Gasteiger partial charge is 0.319 e. The van der Waals surface area contributed by atoms with Crippen molar-refractivity contribution < 1.29 is 36.9 Å². The number of phenols is 1. The van der Waals surface area contributed by atoms with E-state index >= 15 is 8.78 Å². The molecule has 3 fully saturated rings. The zero-order valence-electron chi connectivity index (χ0n) is 26.3. The fourth-order valence-electron chi connectivity index (χ4n) is 8.29. The number of anilines is 1. The van der Waals surface area contributed by atoms with Crippen molar-refractivity contribution in [2.75, 3.05) is 44.4 Å². The molecule has 0 radical (unpaired) electrons. The molecule has 0 amide bonds. The molecule has 48 heavy (non-hydrogen) atoms. The Morgan fingerprint density at radius 1 is 1.08 bits per heavy atom. The summed E-state index contributed by atoms with van der Waals surface area (Å²) in [5.74, 6) is -1.93. The molecule has 0 unspecified atom stereocenters.